The third-order valence-electron chi connectivity index (χ3n) is 3.17. The number of fused-ring (bicyclic) bond motifs is 1. The maximum Gasteiger partial charge on any atom is 0.126 e. The molecule has 1 atom stereocenters. The number of rotatable bonds is 3. The molecule has 104 valence electrons. The van der Waals surface area contributed by atoms with Gasteiger partial charge in [-0.1, -0.05) is 17.7 Å². The van der Waals surface area contributed by atoms with E-state index in [4.69, 9.17) is 16.3 Å². The Bertz CT molecular complexity index is 688. The minimum atomic E-state index is -1.32. The Kier molecular flexibility index (Phi) is 3.76. The van der Waals surface area contributed by atoms with E-state index < -0.39 is 10.8 Å². The van der Waals surface area contributed by atoms with Gasteiger partial charge in [0.2, 0.25) is 0 Å². The molecule has 2 nitrogen and oxygen atoms in total. The average Bonchev–Trinajstić information content (AvgIpc) is 2.86. The summed E-state index contributed by atoms with van der Waals surface area (Å²) in [5.41, 5.74) is 1.86. The maximum absolute atomic E-state index is 13.2. The molecular formula is C15H12ClFO2S. The van der Waals surface area contributed by atoms with E-state index in [1.165, 1.54) is 12.1 Å². The first-order chi connectivity index (χ1) is 9.63. The third kappa shape index (κ3) is 2.72. The van der Waals surface area contributed by atoms with Crippen molar-refractivity contribution in [1.82, 2.24) is 0 Å². The monoisotopic (exact) mass is 310 g/mol. The number of hydrogen-bond donors (Lipinski definition) is 0. The second kappa shape index (κ2) is 5.54. The molecule has 1 heterocycles. The van der Waals surface area contributed by atoms with Gasteiger partial charge < -0.3 is 4.74 Å². The highest BCUT2D eigenvalue weighted by atomic mass is 35.5. The van der Waals surface area contributed by atoms with Crippen LogP contribution < -0.4 is 4.74 Å². The molecule has 1 aliphatic heterocycles. The zero-order valence-corrected chi connectivity index (χ0v) is 12.1. The summed E-state index contributed by atoms with van der Waals surface area (Å²) in [5.74, 6) is 0.661. The van der Waals surface area contributed by atoms with Gasteiger partial charge in [0, 0.05) is 21.9 Å². The summed E-state index contributed by atoms with van der Waals surface area (Å²) < 4.78 is 31.1. The molecule has 0 saturated heterocycles. The van der Waals surface area contributed by atoms with Crippen molar-refractivity contribution in [3.63, 3.8) is 0 Å². The van der Waals surface area contributed by atoms with Crippen molar-refractivity contribution in [2.45, 2.75) is 17.1 Å². The fraction of sp³-hybridized carbons (Fsp3) is 0.200. The molecular weight excluding hydrogens is 299 g/mol. The molecule has 0 fully saturated rings. The van der Waals surface area contributed by atoms with Crippen molar-refractivity contribution in [2.75, 3.05) is 6.61 Å². The first kappa shape index (κ1) is 13.6. The molecule has 0 aliphatic carbocycles. The lowest BCUT2D eigenvalue weighted by Gasteiger charge is -2.09. The summed E-state index contributed by atoms with van der Waals surface area (Å²) in [6.07, 6.45) is 0.815. The normalized spacial score (nSPS) is 14.7. The lowest BCUT2D eigenvalue weighted by Crippen LogP contribution is -1.99. The summed E-state index contributed by atoms with van der Waals surface area (Å²) in [6.45, 7) is 0.620. The zero-order chi connectivity index (χ0) is 14.1. The standard InChI is InChI=1S/C15H12ClFO2S/c16-12-6-10-4-5-19-15(10)11(7-12)9-20(18)14-3-1-2-13(17)8-14/h1-3,6-8H,4-5,9H2. The summed E-state index contributed by atoms with van der Waals surface area (Å²) in [6, 6.07) is 9.48. The molecule has 0 saturated carbocycles. The van der Waals surface area contributed by atoms with Crippen molar-refractivity contribution in [2.24, 2.45) is 0 Å². The fourth-order valence-corrected chi connectivity index (χ4v) is 3.69. The fourth-order valence-electron chi connectivity index (χ4n) is 2.29. The number of hydrogen-bond acceptors (Lipinski definition) is 2. The Morgan fingerprint density at radius 3 is 2.95 bits per heavy atom. The van der Waals surface area contributed by atoms with Crippen LogP contribution in [0.4, 0.5) is 4.39 Å². The summed E-state index contributed by atoms with van der Waals surface area (Å²) in [7, 11) is -1.32. The molecule has 1 aliphatic rings. The summed E-state index contributed by atoms with van der Waals surface area (Å²) in [4.78, 5) is 0.469. The SMILES string of the molecule is O=S(Cc1cc(Cl)cc2c1OCC2)c1cccc(F)c1. The Balaban J connectivity index is 1.90. The maximum atomic E-state index is 13.2. The van der Waals surface area contributed by atoms with E-state index in [9.17, 15) is 8.60 Å². The topological polar surface area (TPSA) is 26.3 Å². The van der Waals surface area contributed by atoms with Gasteiger partial charge in [0.15, 0.2) is 0 Å². The third-order valence-corrected chi connectivity index (χ3v) is 4.74. The predicted octanol–water partition coefficient (Wildman–Crippen LogP) is 3.72. The van der Waals surface area contributed by atoms with Gasteiger partial charge in [-0.05, 0) is 35.9 Å². The Labute approximate surface area is 124 Å². The van der Waals surface area contributed by atoms with Crippen LogP contribution in [0.3, 0.4) is 0 Å². The summed E-state index contributed by atoms with van der Waals surface area (Å²) in [5, 5.41) is 0.612. The predicted molar refractivity (Wildman–Crippen MR) is 77.2 cm³/mol. The van der Waals surface area contributed by atoms with Gasteiger partial charge in [-0.25, -0.2) is 4.39 Å². The van der Waals surface area contributed by atoms with E-state index in [2.05, 4.69) is 0 Å². The highest BCUT2D eigenvalue weighted by Crippen LogP contribution is 2.34. The minimum absolute atomic E-state index is 0.270. The molecule has 0 radical (unpaired) electrons. The lowest BCUT2D eigenvalue weighted by atomic mass is 10.1. The molecule has 0 bridgehead atoms. The average molecular weight is 311 g/mol. The molecule has 20 heavy (non-hydrogen) atoms. The summed E-state index contributed by atoms with van der Waals surface area (Å²) >= 11 is 6.07. The minimum Gasteiger partial charge on any atom is -0.493 e. The van der Waals surface area contributed by atoms with E-state index in [-0.39, 0.29) is 11.6 Å². The van der Waals surface area contributed by atoms with Gasteiger partial charge in [-0.2, -0.15) is 0 Å². The van der Waals surface area contributed by atoms with Crippen LogP contribution in [0.2, 0.25) is 5.02 Å². The molecule has 1 unspecified atom stereocenters. The Morgan fingerprint density at radius 1 is 1.30 bits per heavy atom. The van der Waals surface area contributed by atoms with Gasteiger partial charge in [0.05, 0.1) is 23.2 Å². The van der Waals surface area contributed by atoms with Gasteiger partial charge in [-0.3, -0.25) is 4.21 Å². The van der Waals surface area contributed by atoms with Gasteiger partial charge in [0.1, 0.15) is 11.6 Å². The van der Waals surface area contributed by atoms with Gasteiger partial charge in [0.25, 0.3) is 0 Å². The van der Waals surface area contributed by atoms with Crippen molar-refractivity contribution < 1.29 is 13.3 Å². The highest BCUT2D eigenvalue weighted by Gasteiger charge is 2.19. The molecule has 0 N–H and O–H groups in total. The van der Waals surface area contributed by atoms with Crippen LogP contribution in [0.15, 0.2) is 41.3 Å². The van der Waals surface area contributed by atoms with Crippen LogP contribution in [-0.4, -0.2) is 10.8 Å². The van der Waals surface area contributed by atoms with Crippen molar-refractivity contribution in [1.29, 1.82) is 0 Å². The molecule has 0 amide bonds. The van der Waals surface area contributed by atoms with Crippen molar-refractivity contribution >= 4 is 22.4 Å². The Hall–Kier alpha value is -1.39. The molecule has 2 aromatic rings. The van der Waals surface area contributed by atoms with Crippen LogP contribution in [0, 0.1) is 5.82 Å². The quantitative estimate of drug-likeness (QED) is 0.863. The Morgan fingerprint density at radius 2 is 2.15 bits per heavy atom. The largest absolute Gasteiger partial charge is 0.493 e. The van der Waals surface area contributed by atoms with Gasteiger partial charge >= 0.3 is 0 Å². The molecule has 2 aromatic carbocycles. The molecule has 5 heteroatoms. The van der Waals surface area contributed by atoms with Crippen LogP contribution in [0.25, 0.3) is 0 Å². The van der Waals surface area contributed by atoms with Crippen molar-refractivity contribution in [3.05, 3.63) is 58.4 Å². The van der Waals surface area contributed by atoms with E-state index in [0.717, 1.165) is 23.3 Å². The molecule has 0 spiro atoms. The van der Waals surface area contributed by atoms with E-state index >= 15 is 0 Å². The van der Waals surface area contributed by atoms with E-state index in [1.54, 1.807) is 18.2 Å². The van der Waals surface area contributed by atoms with Crippen molar-refractivity contribution in [3.8, 4) is 5.75 Å². The highest BCUT2D eigenvalue weighted by molar-refractivity contribution is 7.84. The molecule has 0 aromatic heterocycles. The van der Waals surface area contributed by atoms with E-state index in [0.29, 0.717) is 16.5 Å². The first-order valence-electron chi connectivity index (χ1n) is 6.21. The number of benzene rings is 2. The number of halogens is 2. The molecule has 3 rings (SSSR count). The lowest BCUT2D eigenvalue weighted by molar-refractivity contribution is 0.354. The number of ether oxygens (including phenoxy) is 1. The zero-order valence-electron chi connectivity index (χ0n) is 10.6. The van der Waals surface area contributed by atoms with Crippen LogP contribution in [-0.2, 0) is 23.0 Å². The van der Waals surface area contributed by atoms with Crippen LogP contribution in [0.5, 0.6) is 5.75 Å². The second-order valence-electron chi connectivity index (χ2n) is 4.60. The second-order valence-corrected chi connectivity index (χ2v) is 6.49. The first-order valence-corrected chi connectivity index (χ1v) is 7.91. The van der Waals surface area contributed by atoms with Crippen LogP contribution in [0.1, 0.15) is 11.1 Å². The van der Waals surface area contributed by atoms with Gasteiger partial charge in [-0.15, -0.1) is 0 Å². The van der Waals surface area contributed by atoms with Crippen LogP contribution >= 0.6 is 11.6 Å². The van der Waals surface area contributed by atoms with E-state index in [1.807, 2.05) is 6.07 Å². The smallest absolute Gasteiger partial charge is 0.126 e.